The first-order valence-corrected chi connectivity index (χ1v) is 10.9. The van der Waals surface area contributed by atoms with E-state index in [0.717, 1.165) is 31.1 Å². The molecule has 162 valence electrons. The molecule has 1 N–H and O–H groups in total. The van der Waals surface area contributed by atoms with Crippen molar-refractivity contribution in [3.63, 3.8) is 0 Å². The molecule has 2 atom stereocenters. The van der Waals surface area contributed by atoms with E-state index < -0.39 is 0 Å². The third-order valence-electron chi connectivity index (χ3n) is 5.30. The summed E-state index contributed by atoms with van der Waals surface area (Å²) in [6, 6.07) is 9.25. The van der Waals surface area contributed by atoms with Crippen molar-refractivity contribution in [3.8, 4) is 11.5 Å². The molecule has 1 saturated heterocycles. The van der Waals surface area contributed by atoms with Gasteiger partial charge in [-0.1, -0.05) is 6.92 Å². The Hall–Kier alpha value is -2.60. The molecule has 30 heavy (non-hydrogen) atoms. The number of hydrogen-bond acceptors (Lipinski definition) is 5. The molecule has 0 radical (unpaired) electrons. The van der Waals surface area contributed by atoms with Crippen molar-refractivity contribution in [1.82, 2.24) is 15.2 Å². The highest BCUT2D eigenvalue weighted by Gasteiger charge is 2.20. The third kappa shape index (κ3) is 6.46. The first-order valence-electron chi connectivity index (χ1n) is 10.9. The molecular formula is C24H33N3O3. The Bertz CT molecular complexity index is 813. The first kappa shape index (κ1) is 22.1. The standard InChI is InChI=1S/C24H33N3O3/c1-4-29-23-14-21(7-8-22(23)30-17-20-9-11-25-12-10-20)24(28)26-19(3)16-27-13-5-6-18(2)15-27/h7-12,14,18-19H,4-6,13,15-17H2,1-3H3,(H,26,28). The summed E-state index contributed by atoms with van der Waals surface area (Å²) in [4.78, 5) is 19.2. The summed E-state index contributed by atoms with van der Waals surface area (Å²) in [5.74, 6) is 1.85. The molecule has 6 nitrogen and oxygen atoms in total. The van der Waals surface area contributed by atoms with Gasteiger partial charge in [-0.15, -0.1) is 0 Å². The van der Waals surface area contributed by atoms with Gasteiger partial charge in [0.25, 0.3) is 5.91 Å². The monoisotopic (exact) mass is 411 g/mol. The molecule has 1 aliphatic rings. The SMILES string of the molecule is CCOc1cc(C(=O)NC(C)CN2CCCC(C)C2)ccc1OCc1ccncc1. The van der Waals surface area contributed by atoms with Crippen LogP contribution in [0.4, 0.5) is 0 Å². The number of nitrogens with one attached hydrogen (secondary N) is 1. The van der Waals surface area contributed by atoms with Gasteiger partial charge in [-0.05, 0) is 75.0 Å². The van der Waals surface area contributed by atoms with Gasteiger partial charge in [0, 0.05) is 37.1 Å². The van der Waals surface area contributed by atoms with Crippen LogP contribution in [0.3, 0.4) is 0 Å². The summed E-state index contributed by atoms with van der Waals surface area (Å²) >= 11 is 0. The van der Waals surface area contributed by atoms with E-state index in [2.05, 4.69) is 29.0 Å². The van der Waals surface area contributed by atoms with Crippen LogP contribution in [0.15, 0.2) is 42.7 Å². The second kappa shape index (κ2) is 11.0. The van der Waals surface area contributed by atoms with Crippen molar-refractivity contribution in [1.29, 1.82) is 0 Å². The number of piperidine rings is 1. The lowest BCUT2D eigenvalue weighted by Crippen LogP contribution is -2.45. The minimum Gasteiger partial charge on any atom is -0.490 e. The molecule has 0 spiro atoms. The number of rotatable bonds is 9. The number of pyridine rings is 1. The van der Waals surface area contributed by atoms with Gasteiger partial charge in [0.1, 0.15) is 6.61 Å². The molecule has 0 saturated carbocycles. The second-order valence-electron chi connectivity index (χ2n) is 8.12. The molecule has 1 fully saturated rings. The minimum atomic E-state index is -0.0887. The Kier molecular flexibility index (Phi) is 8.08. The fourth-order valence-electron chi connectivity index (χ4n) is 3.87. The first-order chi connectivity index (χ1) is 14.5. The number of hydrogen-bond donors (Lipinski definition) is 1. The number of carbonyl (C=O) groups is 1. The number of nitrogens with zero attached hydrogens (tertiary/aromatic N) is 2. The fourth-order valence-corrected chi connectivity index (χ4v) is 3.87. The Morgan fingerprint density at radius 3 is 2.77 bits per heavy atom. The highest BCUT2D eigenvalue weighted by atomic mass is 16.5. The normalized spacial score (nSPS) is 17.9. The Balaban J connectivity index is 1.60. The third-order valence-corrected chi connectivity index (χ3v) is 5.30. The Morgan fingerprint density at radius 1 is 1.23 bits per heavy atom. The van der Waals surface area contributed by atoms with Crippen molar-refractivity contribution in [2.45, 2.75) is 46.3 Å². The van der Waals surface area contributed by atoms with Gasteiger partial charge >= 0.3 is 0 Å². The largest absolute Gasteiger partial charge is 0.490 e. The molecule has 0 bridgehead atoms. The van der Waals surface area contributed by atoms with Gasteiger partial charge in [0.15, 0.2) is 11.5 Å². The van der Waals surface area contributed by atoms with Gasteiger partial charge in [-0.25, -0.2) is 0 Å². The second-order valence-corrected chi connectivity index (χ2v) is 8.12. The molecule has 6 heteroatoms. The maximum absolute atomic E-state index is 12.8. The van der Waals surface area contributed by atoms with Crippen LogP contribution in [-0.4, -0.2) is 48.1 Å². The van der Waals surface area contributed by atoms with Crippen LogP contribution in [0, 0.1) is 5.92 Å². The number of ether oxygens (including phenoxy) is 2. The average Bonchev–Trinajstić information content (AvgIpc) is 2.73. The van der Waals surface area contributed by atoms with E-state index in [1.165, 1.54) is 12.8 Å². The summed E-state index contributed by atoms with van der Waals surface area (Å²) in [5.41, 5.74) is 1.60. The zero-order valence-electron chi connectivity index (χ0n) is 18.3. The lowest BCUT2D eigenvalue weighted by molar-refractivity contribution is 0.0919. The number of carbonyl (C=O) groups excluding carboxylic acids is 1. The van der Waals surface area contributed by atoms with Crippen LogP contribution in [0.1, 0.15) is 49.5 Å². The van der Waals surface area contributed by atoms with Crippen LogP contribution < -0.4 is 14.8 Å². The maximum Gasteiger partial charge on any atom is 0.251 e. The summed E-state index contributed by atoms with van der Waals surface area (Å²) in [6.45, 7) is 10.3. The van der Waals surface area contributed by atoms with E-state index in [0.29, 0.717) is 30.3 Å². The molecule has 2 aromatic rings. The van der Waals surface area contributed by atoms with E-state index in [1.54, 1.807) is 30.6 Å². The molecule has 0 aliphatic carbocycles. The minimum absolute atomic E-state index is 0.0842. The van der Waals surface area contributed by atoms with Gasteiger partial charge in [0.05, 0.1) is 6.61 Å². The van der Waals surface area contributed by atoms with Crippen LogP contribution in [0.5, 0.6) is 11.5 Å². The van der Waals surface area contributed by atoms with Crippen LogP contribution in [-0.2, 0) is 6.61 Å². The Labute approximate surface area is 179 Å². The lowest BCUT2D eigenvalue weighted by atomic mass is 10.00. The molecular weight excluding hydrogens is 378 g/mol. The van der Waals surface area contributed by atoms with Gasteiger partial charge < -0.3 is 19.7 Å². The summed E-state index contributed by atoms with van der Waals surface area (Å²) in [5, 5.41) is 3.12. The van der Waals surface area contributed by atoms with E-state index in [1.807, 2.05) is 19.1 Å². The molecule has 3 rings (SSSR count). The molecule has 1 aromatic carbocycles. The number of aromatic nitrogens is 1. The summed E-state index contributed by atoms with van der Waals surface area (Å²) < 4.78 is 11.6. The molecule has 1 amide bonds. The van der Waals surface area contributed by atoms with Crippen LogP contribution in [0.25, 0.3) is 0 Å². The molecule has 2 unspecified atom stereocenters. The number of amides is 1. The highest BCUT2D eigenvalue weighted by Crippen LogP contribution is 2.29. The van der Waals surface area contributed by atoms with Crippen molar-refractivity contribution < 1.29 is 14.3 Å². The maximum atomic E-state index is 12.8. The molecule has 1 aliphatic heterocycles. The summed E-state index contributed by atoms with van der Waals surface area (Å²) in [7, 11) is 0. The van der Waals surface area contributed by atoms with Gasteiger partial charge in [-0.2, -0.15) is 0 Å². The molecule has 2 heterocycles. The van der Waals surface area contributed by atoms with E-state index in [9.17, 15) is 4.79 Å². The van der Waals surface area contributed by atoms with Gasteiger partial charge in [0.2, 0.25) is 0 Å². The fraction of sp³-hybridized carbons (Fsp3) is 0.500. The quantitative estimate of drug-likeness (QED) is 0.678. The topological polar surface area (TPSA) is 63.7 Å². The van der Waals surface area contributed by atoms with Crippen molar-refractivity contribution in [3.05, 3.63) is 53.9 Å². The zero-order valence-corrected chi connectivity index (χ0v) is 18.3. The van der Waals surface area contributed by atoms with E-state index >= 15 is 0 Å². The Morgan fingerprint density at radius 2 is 2.03 bits per heavy atom. The van der Waals surface area contributed by atoms with Crippen molar-refractivity contribution >= 4 is 5.91 Å². The van der Waals surface area contributed by atoms with Crippen molar-refractivity contribution in [2.75, 3.05) is 26.2 Å². The van der Waals surface area contributed by atoms with Crippen LogP contribution >= 0.6 is 0 Å². The smallest absolute Gasteiger partial charge is 0.251 e. The van der Waals surface area contributed by atoms with Crippen LogP contribution in [0.2, 0.25) is 0 Å². The van der Waals surface area contributed by atoms with Gasteiger partial charge in [-0.3, -0.25) is 9.78 Å². The zero-order chi connectivity index (χ0) is 21.3. The average molecular weight is 412 g/mol. The summed E-state index contributed by atoms with van der Waals surface area (Å²) in [6.07, 6.45) is 6.01. The number of likely N-dealkylation sites (tertiary alicyclic amines) is 1. The van der Waals surface area contributed by atoms with E-state index in [4.69, 9.17) is 9.47 Å². The van der Waals surface area contributed by atoms with Crippen molar-refractivity contribution in [2.24, 2.45) is 5.92 Å². The highest BCUT2D eigenvalue weighted by molar-refractivity contribution is 5.95. The van der Waals surface area contributed by atoms with E-state index in [-0.39, 0.29) is 11.9 Å². The lowest BCUT2D eigenvalue weighted by Gasteiger charge is -2.32. The molecule has 1 aromatic heterocycles. The number of benzene rings is 1. The predicted octanol–water partition coefficient (Wildman–Crippen LogP) is 3.91. The predicted molar refractivity (Wildman–Crippen MR) is 118 cm³/mol.